The molecule has 19 heavy (non-hydrogen) atoms. The van der Waals surface area contributed by atoms with Crippen LogP contribution in [0.1, 0.15) is 27.2 Å². The predicted octanol–water partition coefficient (Wildman–Crippen LogP) is 2.36. The van der Waals surface area contributed by atoms with Gasteiger partial charge in [0.15, 0.2) is 5.82 Å². The smallest absolute Gasteiger partial charge is 0.246 e. The van der Waals surface area contributed by atoms with E-state index in [-0.39, 0.29) is 12.6 Å². The van der Waals surface area contributed by atoms with Gasteiger partial charge in [-0.15, -0.1) is 0 Å². The van der Waals surface area contributed by atoms with Gasteiger partial charge in [-0.05, 0) is 25.5 Å². The van der Waals surface area contributed by atoms with Gasteiger partial charge in [0.25, 0.3) is 0 Å². The molecular formula is C12H18F2N2O2S. The summed E-state index contributed by atoms with van der Waals surface area (Å²) in [5.74, 6) is -2.20. The quantitative estimate of drug-likeness (QED) is 0.847. The molecule has 7 heteroatoms. The van der Waals surface area contributed by atoms with Crippen molar-refractivity contribution < 1.29 is 17.2 Å². The van der Waals surface area contributed by atoms with Gasteiger partial charge in [-0.1, -0.05) is 13.8 Å². The highest BCUT2D eigenvalue weighted by atomic mass is 32.2. The maximum Gasteiger partial charge on any atom is 0.246 e. The van der Waals surface area contributed by atoms with E-state index in [9.17, 15) is 17.2 Å². The van der Waals surface area contributed by atoms with Gasteiger partial charge in [-0.2, -0.15) is 4.31 Å². The molecule has 0 saturated carbocycles. The standard InChI is InChI=1S/C12H18F2N2O2S/c1-4-8(3)16(5-2)19(17,18)10-7-6-9(13)12(15)11(10)14/h6-8H,4-5,15H2,1-3H3. The minimum Gasteiger partial charge on any atom is -0.394 e. The second-order valence-corrected chi connectivity index (χ2v) is 6.10. The van der Waals surface area contributed by atoms with E-state index < -0.39 is 32.2 Å². The van der Waals surface area contributed by atoms with Crippen LogP contribution in [0.2, 0.25) is 0 Å². The number of hydrogen-bond acceptors (Lipinski definition) is 3. The Kier molecular flexibility index (Phi) is 4.86. The highest BCUT2D eigenvalue weighted by Gasteiger charge is 2.30. The minimum atomic E-state index is -4.02. The molecule has 4 nitrogen and oxygen atoms in total. The highest BCUT2D eigenvalue weighted by Crippen LogP contribution is 2.26. The summed E-state index contributed by atoms with van der Waals surface area (Å²) in [5, 5.41) is 0. The molecule has 0 heterocycles. The fourth-order valence-corrected chi connectivity index (χ4v) is 3.59. The zero-order valence-corrected chi connectivity index (χ0v) is 12.0. The lowest BCUT2D eigenvalue weighted by molar-refractivity contribution is 0.341. The number of anilines is 1. The number of nitrogens with zero attached hydrogens (tertiary/aromatic N) is 1. The molecule has 1 aromatic rings. The topological polar surface area (TPSA) is 63.4 Å². The summed E-state index contributed by atoms with van der Waals surface area (Å²) in [7, 11) is -4.02. The van der Waals surface area contributed by atoms with Crippen molar-refractivity contribution in [1.82, 2.24) is 4.31 Å². The number of halogens is 2. The van der Waals surface area contributed by atoms with Crippen LogP contribution in [0.15, 0.2) is 17.0 Å². The lowest BCUT2D eigenvalue weighted by atomic mass is 10.3. The lowest BCUT2D eigenvalue weighted by Crippen LogP contribution is -2.38. The third-order valence-electron chi connectivity index (χ3n) is 3.07. The fraction of sp³-hybridized carbons (Fsp3) is 0.500. The molecule has 1 aromatic carbocycles. The van der Waals surface area contributed by atoms with E-state index in [4.69, 9.17) is 5.73 Å². The van der Waals surface area contributed by atoms with Crippen LogP contribution in [-0.4, -0.2) is 25.3 Å². The Balaban J connectivity index is 3.39. The van der Waals surface area contributed by atoms with Crippen LogP contribution in [0.5, 0.6) is 0 Å². The van der Waals surface area contributed by atoms with Crippen LogP contribution in [0.4, 0.5) is 14.5 Å². The van der Waals surface area contributed by atoms with E-state index in [0.717, 1.165) is 12.1 Å². The van der Waals surface area contributed by atoms with E-state index in [2.05, 4.69) is 0 Å². The van der Waals surface area contributed by atoms with Gasteiger partial charge in [-0.25, -0.2) is 17.2 Å². The third kappa shape index (κ3) is 2.87. The summed E-state index contributed by atoms with van der Waals surface area (Å²) in [5.41, 5.74) is 4.42. The Labute approximate surface area is 112 Å². The van der Waals surface area contributed by atoms with Crippen molar-refractivity contribution in [3.63, 3.8) is 0 Å². The number of rotatable bonds is 5. The molecule has 0 aliphatic carbocycles. The SMILES string of the molecule is CCC(C)N(CC)S(=O)(=O)c1ccc(F)c(N)c1F. The molecule has 0 aromatic heterocycles. The molecule has 0 saturated heterocycles. The van der Waals surface area contributed by atoms with Crippen molar-refractivity contribution in [2.75, 3.05) is 12.3 Å². The minimum absolute atomic E-state index is 0.202. The number of hydrogen-bond donors (Lipinski definition) is 1. The zero-order chi connectivity index (χ0) is 14.8. The summed E-state index contributed by atoms with van der Waals surface area (Å²) in [6.45, 7) is 5.42. The first-order valence-corrected chi connectivity index (χ1v) is 7.46. The van der Waals surface area contributed by atoms with Gasteiger partial charge in [-0.3, -0.25) is 0 Å². The average Bonchev–Trinajstić information content (AvgIpc) is 2.35. The first kappa shape index (κ1) is 15.8. The summed E-state index contributed by atoms with van der Waals surface area (Å²) in [6, 6.07) is 1.48. The molecule has 2 N–H and O–H groups in total. The van der Waals surface area contributed by atoms with E-state index in [1.807, 2.05) is 6.92 Å². The molecule has 0 amide bonds. The molecule has 0 fully saturated rings. The average molecular weight is 292 g/mol. The Morgan fingerprint density at radius 2 is 1.89 bits per heavy atom. The van der Waals surface area contributed by atoms with Gasteiger partial charge in [0.2, 0.25) is 10.0 Å². The van der Waals surface area contributed by atoms with Crippen molar-refractivity contribution in [3.8, 4) is 0 Å². The Morgan fingerprint density at radius 3 is 2.37 bits per heavy atom. The molecule has 0 spiro atoms. The van der Waals surface area contributed by atoms with Crippen molar-refractivity contribution in [2.45, 2.75) is 38.1 Å². The zero-order valence-electron chi connectivity index (χ0n) is 11.2. The second-order valence-electron chi connectivity index (χ2n) is 4.24. The predicted molar refractivity (Wildman–Crippen MR) is 70.1 cm³/mol. The van der Waals surface area contributed by atoms with Gasteiger partial charge >= 0.3 is 0 Å². The lowest BCUT2D eigenvalue weighted by Gasteiger charge is -2.26. The molecule has 108 valence electrons. The number of nitrogens with two attached hydrogens (primary N) is 1. The van der Waals surface area contributed by atoms with E-state index >= 15 is 0 Å². The first-order valence-electron chi connectivity index (χ1n) is 6.02. The summed E-state index contributed by atoms with van der Waals surface area (Å²) in [4.78, 5) is -0.589. The van der Waals surface area contributed by atoms with E-state index in [0.29, 0.717) is 6.42 Å². The number of nitrogen functional groups attached to an aromatic ring is 1. The molecule has 0 bridgehead atoms. The Hall–Kier alpha value is -1.21. The van der Waals surface area contributed by atoms with Gasteiger partial charge in [0.1, 0.15) is 16.4 Å². The molecule has 1 rings (SSSR count). The second kappa shape index (κ2) is 5.83. The normalized spacial score (nSPS) is 13.8. The maximum absolute atomic E-state index is 13.9. The highest BCUT2D eigenvalue weighted by molar-refractivity contribution is 7.89. The molecule has 0 aliphatic rings. The van der Waals surface area contributed by atoms with Crippen LogP contribution in [-0.2, 0) is 10.0 Å². The summed E-state index contributed by atoms with van der Waals surface area (Å²) in [6.07, 6.45) is 0.589. The monoisotopic (exact) mass is 292 g/mol. The number of benzene rings is 1. The van der Waals surface area contributed by atoms with Gasteiger partial charge in [0, 0.05) is 12.6 Å². The van der Waals surface area contributed by atoms with Crippen molar-refractivity contribution in [1.29, 1.82) is 0 Å². The van der Waals surface area contributed by atoms with Crippen LogP contribution in [0, 0.1) is 11.6 Å². The molecular weight excluding hydrogens is 274 g/mol. The summed E-state index contributed by atoms with van der Waals surface area (Å²) < 4.78 is 52.8. The molecule has 1 atom stereocenters. The third-order valence-corrected chi connectivity index (χ3v) is 5.18. The van der Waals surface area contributed by atoms with Crippen molar-refractivity contribution in [2.24, 2.45) is 0 Å². The largest absolute Gasteiger partial charge is 0.394 e. The van der Waals surface area contributed by atoms with E-state index in [1.165, 1.54) is 4.31 Å². The van der Waals surface area contributed by atoms with E-state index in [1.54, 1.807) is 13.8 Å². The number of sulfonamides is 1. The first-order chi connectivity index (χ1) is 8.77. The Morgan fingerprint density at radius 1 is 1.32 bits per heavy atom. The van der Waals surface area contributed by atoms with Gasteiger partial charge in [0.05, 0.1) is 0 Å². The Bertz CT molecular complexity index is 561. The molecule has 1 unspecified atom stereocenters. The van der Waals surface area contributed by atoms with Gasteiger partial charge < -0.3 is 5.73 Å². The molecule has 0 radical (unpaired) electrons. The van der Waals surface area contributed by atoms with Crippen molar-refractivity contribution in [3.05, 3.63) is 23.8 Å². The maximum atomic E-state index is 13.9. The molecule has 0 aliphatic heterocycles. The fourth-order valence-electron chi connectivity index (χ4n) is 1.80. The summed E-state index contributed by atoms with van der Waals surface area (Å²) >= 11 is 0. The van der Waals surface area contributed by atoms with Crippen LogP contribution >= 0.6 is 0 Å². The van der Waals surface area contributed by atoms with Crippen LogP contribution < -0.4 is 5.73 Å². The van der Waals surface area contributed by atoms with Crippen LogP contribution in [0.3, 0.4) is 0 Å². The van der Waals surface area contributed by atoms with Crippen molar-refractivity contribution >= 4 is 15.7 Å². The van der Waals surface area contributed by atoms with Crippen LogP contribution in [0.25, 0.3) is 0 Å².